The van der Waals surface area contributed by atoms with Gasteiger partial charge in [0.2, 0.25) is 0 Å². The van der Waals surface area contributed by atoms with E-state index in [1.807, 2.05) is 32.9 Å². The molecule has 0 radical (unpaired) electrons. The number of aliphatic hydroxyl groups excluding tert-OH is 2. The summed E-state index contributed by atoms with van der Waals surface area (Å²) in [5.74, 6) is -3.12. The minimum Gasteiger partial charge on any atom is -0.478 e. The van der Waals surface area contributed by atoms with Crippen molar-refractivity contribution in [1.82, 2.24) is 0 Å². The van der Waals surface area contributed by atoms with Gasteiger partial charge in [0, 0.05) is 5.56 Å². The van der Waals surface area contributed by atoms with Crippen LogP contribution in [0, 0.1) is 20.8 Å². The Balaban J connectivity index is 0.000000470. The van der Waals surface area contributed by atoms with E-state index in [0.717, 1.165) is 29.5 Å². The Bertz CT molecular complexity index is 844. The molecule has 7 heteroatoms. The van der Waals surface area contributed by atoms with Crippen molar-refractivity contribution in [3.05, 3.63) is 70.3 Å². The Morgan fingerprint density at radius 3 is 1.56 bits per heavy atom. The van der Waals surface area contributed by atoms with Gasteiger partial charge in [0.05, 0.1) is 17.8 Å². The number of aliphatic carboxylic acids is 1. The van der Waals surface area contributed by atoms with E-state index in [0.29, 0.717) is 17.5 Å². The van der Waals surface area contributed by atoms with Crippen LogP contribution in [0.5, 0.6) is 0 Å². The smallest absolute Gasteiger partial charge is 0.377 e. The Kier molecular flexibility index (Phi) is 13.5. The third kappa shape index (κ3) is 10.8. The molecule has 2 aromatic carbocycles. The maximum absolute atomic E-state index is 11.3. The summed E-state index contributed by atoms with van der Waals surface area (Å²) >= 11 is 0. The molecule has 0 aliphatic rings. The Morgan fingerprint density at radius 1 is 0.812 bits per heavy atom. The van der Waals surface area contributed by atoms with Gasteiger partial charge in [-0.05, 0) is 63.3 Å². The van der Waals surface area contributed by atoms with Gasteiger partial charge in [-0.2, -0.15) is 0 Å². The number of ketones is 1. The molecule has 4 N–H and O–H groups in total. The molecule has 0 bridgehead atoms. The van der Waals surface area contributed by atoms with Crippen molar-refractivity contribution in [2.75, 3.05) is 0 Å². The number of Topliss-reactive ketones (excluding diaryl/α,β-unsaturated/α-hetero) is 1. The Hall–Kier alpha value is -3.03. The highest BCUT2D eigenvalue weighted by Gasteiger charge is 2.19. The topological polar surface area (TPSA) is 132 Å². The molecule has 0 saturated heterocycles. The van der Waals surface area contributed by atoms with Gasteiger partial charge in [-0.25, -0.2) is 9.59 Å². The lowest BCUT2D eigenvalue weighted by molar-refractivity contribution is -0.131. The zero-order valence-corrected chi connectivity index (χ0v) is 19.3. The fourth-order valence-electron chi connectivity index (χ4n) is 2.87. The first-order valence-electron chi connectivity index (χ1n) is 10.4. The van der Waals surface area contributed by atoms with Crippen LogP contribution in [-0.4, -0.2) is 50.4 Å². The maximum Gasteiger partial charge on any atom is 0.377 e. The molecule has 2 atom stereocenters. The zero-order chi connectivity index (χ0) is 24.8. The fourth-order valence-corrected chi connectivity index (χ4v) is 2.87. The molecule has 2 unspecified atom stereocenters. The predicted molar refractivity (Wildman–Crippen MR) is 123 cm³/mol. The summed E-state index contributed by atoms with van der Waals surface area (Å²) in [6.07, 6.45) is 1.35. The van der Waals surface area contributed by atoms with Gasteiger partial charge in [0.15, 0.2) is 0 Å². The van der Waals surface area contributed by atoms with E-state index in [-0.39, 0.29) is 12.2 Å². The summed E-state index contributed by atoms with van der Waals surface area (Å²) in [6, 6.07) is 11.9. The summed E-state index contributed by atoms with van der Waals surface area (Å²) < 4.78 is 0. The second kappa shape index (κ2) is 14.9. The van der Waals surface area contributed by atoms with Crippen LogP contribution in [0.4, 0.5) is 0 Å². The number of rotatable bonds is 7. The maximum atomic E-state index is 11.3. The monoisotopic (exact) mass is 446 g/mol. The molecule has 7 nitrogen and oxygen atoms in total. The second-order valence-electron chi connectivity index (χ2n) is 7.44. The lowest BCUT2D eigenvalue weighted by atomic mass is 9.97. The van der Waals surface area contributed by atoms with Crippen LogP contribution in [0.3, 0.4) is 0 Å². The third-order valence-corrected chi connectivity index (χ3v) is 4.61. The lowest BCUT2D eigenvalue weighted by Crippen LogP contribution is -2.15. The van der Waals surface area contributed by atoms with Gasteiger partial charge in [-0.1, -0.05) is 49.7 Å². The van der Waals surface area contributed by atoms with E-state index in [4.69, 9.17) is 20.4 Å². The van der Waals surface area contributed by atoms with Gasteiger partial charge in [-0.3, -0.25) is 4.79 Å². The zero-order valence-electron chi connectivity index (χ0n) is 19.3. The molecule has 0 aromatic heterocycles. The fraction of sp³-hybridized carbons (Fsp3) is 0.400. The standard InChI is InChI=1S/C11H12O3.C7H6O2.C7H16O2/c1-6-4-7(2)9(8(3)5-6)10(12)11(13)14;8-7(9)6-4-2-1-3-5-6;1-3-6(8)5-7(9)4-2/h4-5H,1-3H3,(H,13,14);1-5H,(H,8,9);6-9H,3-5H2,1-2H3. The van der Waals surface area contributed by atoms with Crippen LogP contribution in [0.25, 0.3) is 0 Å². The van der Waals surface area contributed by atoms with Crippen molar-refractivity contribution < 1.29 is 34.8 Å². The van der Waals surface area contributed by atoms with Crippen molar-refractivity contribution in [1.29, 1.82) is 0 Å². The van der Waals surface area contributed by atoms with E-state index in [1.54, 1.807) is 44.2 Å². The van der Waals surface area contributed by atoms with Crippen LogP contribution in [0.2, 0.25) is 0 Å². The summed E-state index contributed by atoms with van der Waals surface area (Å²) in [5.41, 5.74) is 3.10. The van der Waals surface area contributed by atoms with Crippen LogP contribution in [-0.2, 0) is 4.79 Å². The summed E-state index contributed by atoms with van der Waals surface area (Å²) in [4.78, 5) is 32.0. The highest BCUT2D eigenvalue weighted by Crippen LogP contribution is 2.16. The summed E-state index contributed by atoms with van der Waals surface area (Å²) in [7, 11) is 0. The van der Waals surface area contributed by atoms with Crippen LogP contribution in [0.15, 0.2) is 42.5 Å². The number of carbonyl (C=O) groups is 3. The van der Waals surface area contributed by atoms with E-state index >= 15 is 0 Å². The molecule has 0 heterocycles. The van der Waals surface area contributed by atoms with E-state index in [9.17, 15) is 14.4 Å². The number of carboxylic acid groups (broad SMARTS) is 2. The quantitative estimate of drug-likeness (QED) is 0.370. The number of aryl methyl sites for hydroxylation is 3. The van der Waals surface area contributed by atoms with Gasteiger partial charge in [0.1, 0.15) is 0 Å². The number of hydrogen-bond donors (Lipinski definition) is 4. The van der Waals surface area contributed by atoms with Crippen LogP contribution >= 0.6 is 0 Å². The number of carboxylic acids is 2. The van der Waals surface area contributed by atoms with Crippen molar-refractivity contribution in [2.45, 2.75) is 66.1 Å². The van der Waals surface area contributed by atoms with Crippen molar-refractivity contribution in [3.8, 4) is 0 Å². The third-order valence-electron chi connectivity index (χ3n) is 4.61. The highest BCUT2D eigenvalue weighted by atomic mass is 16.4. The van der Waals surface area contributed by atoms with Crippen molar-refractivity contribution in [2.24, 2.45) is 0 Å². The number of hydrogen-bond acceptors (Lipinski definition) is 5. The average Bonchev–Trinajstić information content (AvgIpc) is 2.74. The van der Waals surface area contributed by atoms with Crippen LogP contribution < -0.4 is 0 Å². The SMILES string of the molecule is CCC(O)CC(O)CC.Cc1cc(C)c(C(=O)C(=O)O)c(C)c1.O=C(O)c1ccccc1. The number of benzene rings is 2. The molecule has 176 valence electrons. The highest BCUT2D eigenvalue weighted by molar-refractivity contribution is 6.40. The van der Waals surface area contributed by atoms with E-state index in [1.165, 1.54) is 0 Å². The summed E-state index contributed by atoms with van der Waals surface area (Å²) in [5, 5.41) is 35.0. The molecule has 0 amide bonds. The molecule has 0 aliphatic heterocycles. The molecule has 2 aromatic rings. The van der Waals surface area contributed by atoms with Gasteiger partial charge >= 0.3 is 11.9 Å². The molecule has 32 heavy (non-hydrogen) atoms. The first kappa shape index (κ1) is 29.0. The molecule has 2 rings (SSSR count). The molecule has 0 spiro atoms. The minimum atomic E-state index is -1.40. The van der Waals surface area contributed by atoms with Gasteiger partial charge in [-0.15, -0.1) is 0 Å². The largest absolute Gasteiger partial charge is 0.478 e. The normalized spacial score (nSPS) is 11.7. The second-order valence-corrected chi connectivity index (χ2v) is 7.44. The Morgan fingerprint density at radius 2 is 1.25 bits per heavy atom. The molecule has 0 saturated carbocycles. The minimum absolute atomic E-state index is 0.308. The molecular weight excluding hydrogens is 412 g/mol. The van der Waals surface area contributed by atoms with Crippen LogP contribution in [0.1, 0.15) is 70.5 Å². The number of aromatic carboxylic acids is 1. The van der Waals surface area contributed by atoms with Crippen molar-refractivity contribution >= 4 is 17.7 Å². The summed E-state index contributed by atoms with van der Waals surface area (Å²) in [6.45, 7) is 9.22. The first-order chi connectivity index (χ1) is 14.9. The average molecular weight is 447 g/mol. The molecular formula is C25H34O7. The number of aliphatic hydroxyl groups is 2. The molecule has 0 fully saturated rings. The first-order valence-corrected chi connectivity index (χ1v) is 10.4. The van der Waals surface area contributed by atoms with Gasteiger partial charge in [0.25, 0.3) is 5.78 Å². The molecule has 0 aliphatic carbocycles. The Labute approximate surface area is 189 Å². The lowest BCUT2D eigenvalue weighted by Gasteiger charge is -2.11. The van der Waals surface area contributed by atoms with E-state index < -0.39 is 17.7 Å². The van der Waals surface area contributed by atoms with E-state index in [2.05, 4.69) is 0 Å². The van der Waals surface area contributed by atoms with Crippen molar-refractivity contribution in [3.63, 3.8) is 0 Å². The number of carbonyl (C=O) groups excluding carboxylic acids is 1. The van der Waals surface area contributed by atoms with Gasteiger partial charge < -0.3 is 20.4 Å². The predicted octanol–water partition coefficient (Wildman–Crippen LogP) is 4.18.